The average Bonchev–Trinajstić information content (AvgIpc) is 2.64. The number of benzene rings is 1. The monoisotopic (exact) mass is 362 g/mol. The molecule has 25 heavy (non-hydrogen) atoms. The van der Waals surface area contributed by atoms with E-state index in [9.17, 15) is 4.79 Å². The topological polar surface area (TPSA) is 76.6 Å². The second-order valence-corrected chi connectivity index (χ2v) is 6.06. The van der Waals surface area contributed by atoms with E-state index >= 15 is 0 Å². The minimum absolute atomic E-state index is 0.0131. The normalized spacial score (nSPS) is 14.9. The molecule has 1 aromatic heterocycles. The standard InChI is InChI=1S/C17H19ClN4O3/c1-24-16-19-9-6-15(21-16)25-14-7-10-22(11-8-14)17(23)20-13-4-2-12(18)3-5-13/h2-6,9,14H,7-8,10-11H2,1H3,(H,20,23). The van der Waals surface area contributed by atoms with E-state index in [-0.39, 0.29) is 18.1 Å². The van der Waals surface area contributed by atoms with Crippen molar-refractivity contribution in [2.24, 2.45) is 0 Å². The molecule has 7 nitrogen and oxygen atoms in total. The van der Waals surface area contributed by atoms with Gasteiger partial charge in [-0.15, -0.1) is 0 Å². The molecule has 0 radical (unpaired) electrons. The molecule has 1 aliphatic rings. The summed E-state index contributed by atoms with van der Waals surface area (Å²) < 4.78 is 10.8. The first-order valence-corrected chi connectivity index (χ1v) is 8.37. The molecule has 0 bridgehead atoms. The van der Waals surface area contributed by atoms with Crippen LogP contribution in [0.3, 0.4) is 0 Å². The zero-order valence-electron chi connectivity index (χ0n) is 13.8. The molecule has 0 aliphatic carbocycles. The van der Waals surface area contributed by atoms with Gasteiger partial charge in [0.2, 0.25) is 5.88 Å². The van der Waals surface area contributed by atoms with Crippen LogP contribution in [0.15, 0.2) is 36.5 Å². The van der Waals surface area contributed by atoms with Crippen molar-refractivity contribution in [3.63, 3.8) is 0 Å². The van der Waals surface area contributed by atoms with E-state index in [1.54, 1.807) is 41.4 Å². The number of aromatic nitrogens is 2. The minimum atomic E-state index is -0.121. The van der Waals surface area contributed by atoms with Crippen LogP contribution in [0.5, 0.6) is 11.9 Å². The fourth-order valence-corrected chi connectivity index (χ4v) is 2.70. The number of nitrogens with zero attached hydrogens (tertiary/aromatic N) is 3. The van der Waals surface area contributed by atoms with Gasteiger partial charge in [0.1, 0.15) is 6.10 Å². The van der Waals surface area contributed by atoms with E-state index in [4.69, 9.17) is 21.1 Å². The maximum absolute atomic E-state index is 12.3. The molecule has 3 rings (SSSR count). The fraction of sp³-hybridized carbons (Fsp3) is 0.353. The Kier molecular flexibility index (Phi) is 5.55. The number of halogens is 1. The zero-order chi connectivity index (χ0) is 17.6. The fourth-order valence-electron chi connectivity index (χ4n) is 2.57. The van der Waals surface area contributed by atoms with Crippen LogP contribution < -0.4 is 14.8 Å². The Morgan fingerprint density at radius 2 is 1.96 bits per heavy atom. The third-order valence-electron chi connectivity index (χ3n) is 3.90. The maximum atomic E-state index is 12.3. The third kappa shape index (κ3) is 4.73. The van der Waals surface area contributed by atoms with Crippen LogP contribution in [0, 0.1) is 0 Å². The number of hydrogen-bond donors (Lipinski definition) is 1. The highest BCUT2D eigenvalue weighted by Gasteiger charge is 2.24. The third-order valence-corrected chi connectivity index (χ3v) is 4.15. The Balaban J connectivity index is 1.49. The van der Waals surface area contributed by atoms with Gasteiger partial charge in [-0.3, -0.25) is 0 Å². The zero-order valence-corrected chi connectivity index (χ0v) is 14.6. The summed E-state index contributed by atoms with van der Waals surface area (Å²) in [7, 11) is 1.51. The summed E-state index contributed by atoms with van der Waals surface area (Å²) in [6.45, 7) is 1.23. The highest BCUT2D eigenvalue weighted by atomic mass is 35.5. The van der Waals surface area contributed by atoms with Gasteiger partial charge in [0.25, 0.3) is 0 Å². The van der Waals surface area contributed by atoms with Crippen LogP contribution in [-0.4, -0.2) is 47.2 Å². The second-order valence-electron chi connectivity index (χ2n) is 5.62. The van der Waals surface area contributed by atoms with Crippen LogP contribution in [0.2, 0.25) is 5.02 Å². The number of carbonyl (C=O) groups excluding carboxylic acids is 1. The van der Waals surface area contributed by atoms with Gasteiger partial charge in [0.15, 0.2) is 0 Å². The molecule has 1 aliphatic heterocycles. The summed E-state index contributed by atoms with van der Waals surface area (Å²) in [5.41, 5.74) is 0.723. The van der Waals surface area contributed by atoms with Crippen molar-refractivity contribution in [3.8, 4) is 11.9 Å². The molecular formula is C17H19ClN4O3. The second kappa shape index (κ2) is 8.02. The smallest absolute Gasteiger partial charge is 0.321 e. The van der Waals surface area contributed by atoms with E-state index in [1.807, 2.05) is 0 Å². The summed E-state index contributed by atoms with van der Waals surface area (Å²) in [6, 6.07) is 8.89. The van der Waals surface area contributed by atoms with Crippen molar-refractivity contribution in [1.29, 1.82) is 0 Å². The Morgan fingerprint density at radius 3 is 2.64 bits per heavy atom. The van der Waals surface area contributed by atoms with Crippen molar-refractivity contribution in [2.45, 2.75) is 18.9 Å². The van der Waals surface area contributed by atoms with Gasteiger partial charge in [0.05, 0.1) is 7.11 Å². The summed E-state index contributed by atoms with van der Waals surface area (Å²) in [5, 5.41) is 3.51. The summed E-state index contributed by atoms with van der Waals surface area (Å²) in [6.07, 6.45) is 3.08. The number of carbonyl (C=O) groups is 1. The first-order valence-electron chi connectivity index (χ1n) is 7.99. The molecule has 2 aromatic rings. The van der Waals surface area contributed by atoms with Crippen LogP contribution >= 0.6 is 11.6 Å². The number of piperidine rings is 1. The number of rotatable bonds is 4. The largest absolute Gasteiger partial charge is 0.474 e. The Labute approximate surface area is 150 Å². The van der Waals surface area contributed by atoms with Crippen molar-refractivity contribution in [2.75, 3.05) is 25.5 Å². The highest BCUT2D eigenvalue weighted by molar-refractivity contribution is 6.30. The van der Waals surface area contributed by atoms with Gasteiger partial charge in [-0.1, -0.05) is 11.6 Å². The Bertz CT molecular complexity index is 718. The van der Waals surface area contributed by atoms with E-state index in [0.717, 1.165) is 18.5 Å². The van der Waals surface area contributed by atoms with Crippen molar-refractivity contribution in [3.05, 3.63) is 41.6 Å². The number of methoxy groups -OCH3 is 1. The van der Waals surface area contributed by atoms with Crippen LogP contribution in [0.4, 0.5) is 10.5 Å². The molecule has 0 saturated carbocycles. The predicted octanol–water partition coefficient (Wildman–Crippen LogP) is 3.21. The average molecular weight is 363 g/mol. The molecule has 2 amide bonds. The van der Waals surface area contributed by atoms with E-state index in [1.165, 1.54) is 7.11 Å². The van der Waals surface area contributed by atoms with E-state index in [2.05, 4.69) is 15.3 Å². The van der Waals surface area contributed by atoms with Crippen molar-refractivity contribution in [1.82, 2.24) is 14.9 Å². The number of hydrogen-bond acceptors (Lipinski definition) is 5. The highest BCUT2D eigenvalue weighted by Crippen LogP contribution is 2.19. The number of anilines is 1. The molecular weight excluding hydrogens is 344 g/mol. The minimum Gasteiger partial charge on any atom is -0.474 e. The number of amides is 2. The molecule has 2 heterocycles. The Morgan fingerprint density at radius 1 is 1.24 bits per heavy atom. The van der Waals surface area contributed by atoms with E-state index < -0.39 is 0 Å². The number of ether oxygens (including phenoxy) is 2. The lowest BCUT2D eigenvalue weighted by atomic mass is 10.1. The molecule has 0 spiro atoms. The van der Waals surface area contributed by atoms with Crippen LogP contribution in [0.25, 0.3) is 0 Å². The van der Waals surface area contributed by atoms with Crippen molar-refractivity contribution >= 4 is 23.3 Å². The van der Waals surface area contributed by atoms with Gasteiger partial charge in [-0.2, -0.15) is 4.98 Å². The summed E-state index contributed by atoms with van der Waals surface area (Å²) in [4.78, 5) is 22.2. The van der Waals surface area contributed by atoms with Gasteiger partial charge < -0.3 is 19.7 Å². The molecule has 1 N–H and O–H groups in total. The quantitative estimate of drug-likeness (QED) is 0.903. The van der Waals surface area contributed by atoms with Gasteiger partial charge >= 0.3 is 12.0 Å². The lowest BCUT2D eigenvalue weighted by Gasteiger charge is -2.31. The first-order chi connectivity index (χ1) is 12.1. The molecule has 0 atom stereocenters. The maximum Gasteiger partial charge on any atom is 0.321 e. The molecule has 8 heteroatoms. The summed E-state index contributed by atoms with van der Waals surface area (Å²) in [5.74, 6) is 0.482. The molecule has 1 aromatic carbocycles. The van der Waals surface area contributed by atoms with Crippen LogP contribution in [0.1, 0.15) is 12.8 Å². The van der Waals surface area contributed by atoms with Gasteiger partial charge in [-0.25, -0.2) is 9.78 Å². The molecule has 0 unspecified atom stereocenters. The lowest BCUT2D eigenvalue weighted by Crippen LogP contribution is -2.43. The Hall–Kier alpha value is -2.54. The summed E-state index contributed by atoms with van der Waals surface area (Å²) >= 11 is 5.84. The van der Waals surface area contributed by atoms with E-state index in [0.29, 0.717) is 24.0 Å². The predicted molar refractivity (Wildman–Crippen MR) is 94.3 cm³/mol. The first kappa shape index (κ1) is 17.3. The van der Waals surface area contributed by atoms with Gasteiger partial charge in [-0.05, 0) is 24.3 Å². The number of urea groups is 1. The SMILES string of the molecule is COc1nccc(OC2CCN(C(=O)Nc3ccc(Cl)cc3)CC2)n1. The molecule has 1 fully saturated rings. The molecule has 132 valence electrons. The van der Waals surface area contributed by atoms with Crippen molar-refractivity contribution < 1.29 is 14.3 Å². The molecule has 1 saturated heterocycles. The number of likely N-dealkylation sites (tertiary alicyclic amines) is 1. The number of nitrogens with one attached hydrogen (secondary N) is 1. The van der Waals surface area contributed by atoms with Gasteiger partial charge in [0, 0.05) is 48.9 Å². The lowest BCUT2D eigenvalue weighted by molar-refractivity contribution is 0.110. The van der Waals surface area contributed by atoms with Crippen LogP contribution in [-0.2, 0) is 0 Å².